The van der Waals surface area contributed by atoms with Gasteiger partial charge in [-0.25, -0.2) is 0 Å². The van der Waals surface area contributed by atoms with Gasteiger partial charge in [-0.1, -0.05) is 48.5 Å². The van der Waals surface area contributed by atoms with Crippen LogP contribution in [-0.2, 0) is 6.54 Å². The van der Waals surface area contributed by atoms with Crippen LogP contribution in [0.5, 0.6) is 0 Å². The quantitative estimate of drug-likeness (QED) is 0.829. The Labute approximate surface area is 144 Å². The van der Waals surface area contributed by atoms with E-state index in [1.165, 1.54) is 37.3 Å². The Hall–Kier alpha value is -2.41. The van der Waals surface area contributed by atoms with Gasteiger partial charge in [-0.3, -0.25) is 0 Å². The summed E-state index contributed by atoms with van der Waals surface area (Å²) in [5, 5.41) is 9.00. The molecule has 1 aliphatic heterocycles. The molecule has 24 heavy (non-hydrogen) atoms. The lowest BCUT2D eigenvalue weighted by atomic mass is 10.1. The first-order valence-corrected chi connectivity index (χ1v) is 8.71. The van der Waals surface area contributed by atoms with Gasteiger partial charge in [0.2, 0.25) is 0 Å². The lowest BCUT2D eigenvalue weighted by Gasteiger charge is -2.29. The molecule has 0 saturated carbocycles. The summed E-state index contributed by atoms with van der Waals surface area (Å²) < 4.78 is 0. The second kappa shape index (κ2) is 8.44. The average molecular weight is 319 g/mol. The predicted molar refractivity (Wildman–Crippen MR) is 96.6 cm³/mol. The Kier molecular flexibility index (Phi) is 5.79. The molecule has 0 aliphatic carbocycles. The van der Waals surface area contributed by atoms with Crippen molar-refractivity contribution in [1.82, 2.24) is 0 Å². The number of rotatable bonds is 5. The highest BCUT2D eigenvalue weighted by molar-refractivity contribution is 5.48. The first-order valence-electron chi connectivity index (χ1n) is 8.71. The third-order valence-corrected chi connectivity index (χ3v) is 4.69. The van der Waals surface area contributed by atoms with Crippen molar-refractivity contribution < 1.29 is 9.80 Å². The van der Waals surface area contributed by atoms with Crippen LogP contribution < -0.4 is 9.80 Å². The van der Waals surface area contributed by atoms with Crippen LogP contribution in [0.15, 0.2) is 60.7 Å². The van der Waals surface area contributed by atoms with Crippen LogP contribution >= 0.6 is 0 Å². The minimum Gasteiger partial charge on any atom is -0.322 e. The lowest BCUT2D eigenvalue weighted by Crippen LogP contribution is -3.27. The minimum atomic E-state index is 0.766. The van der Waals surface area contributed by atoms with Gasteiger partial charge in [0, 0.05) is 5.56 Å². The zero-order valence-corrected chi connectivity index (χ0v) is 14.0. The second-order valence-corrected chi connectivity index (χ2v) is 6.51. The van der Waals surface area contributed by atoms with E-state index in [9.17, 15) is 0 Å². The van der Waals surface area contributed by atoms with Crippen LogP contribution in [0, 0.1) is 11.3 Å². The van der Waals surface area contributed by atoms with Gasteiger partial charge in [0.1, 0.15) is 32.7 Å². The fraction of sp³-hybridized carbons (Fsp3) is 0.286. The van der Waals surface area contributed by atoms with Gasteiger partial charge >= 0.3 is 0 Å². The van der Waals surface area contributed by atoms with Gasteiger partial charge < -0.3 is 9.80 Å². The molecule has 0 spiro atoms. The SMILES string of the molecule is N#Cc1cccc(C[NH+]2CC[NH+](C/C=C/c3ccccc3)CC2)c1. The molecule has 0 bridgehead atoms. The number of nitrogens with one attached hydrogen (secondary N) is 2. The van der Waals surface area contributed by atoms with Crippen molar-refractivity contribution in [1.29, 1.82) is 5.26 Å². The molecule has 1 aliphatic rings. The van der Waals surface area contributed by atoms with E-state index in [2.05, 4.69) is 54.6 Å². The van der Waals surface area contributed by atoms with Crippen LogP contribution in [0.3, 0.4) is 0 Å². The number of quaternary nitrogens is 2. The summed E-state index contributed by atoms with van der Waals surface area (Å²) in [5.41, 5.74) is 3.32. The standard InChI is InChI=1S/C21H23N3/c22-17-20-8-4-9-21(16-20)18-24-14-12-23(13-15-24)11-5-10-19-6-2-1-3-7-19/h1-10,16H,11-15,18H2/p+2/b10-5+. The molecule has 0 radical (unpaired) electrons. The number of benzene rings is 2. The first kappa shape index (κ1) is 16.4. The molecule has 0 amide bonds. The third kappa shape index (κ3) is 4.79. The summed E-state index contributed by atoms with van der Waals surface area (Å²) in [6.45, 7) is 6.96. The van der Waals surface area contributed by atoms with Gasteiger partial charge in [0.15, 0.2) is 0 Å². The van der Waals surface area contributed by atoms with Crippen molar-refractivity contribution in [3.8, 4) is 6.07 Å². The summed E-state index contributed by atoms with van der Waals surface area (Å²) in [4.78, 5) is 3.29. The fourth-order valence-electron chi connectivity index (χ4n) is 3.30. The minimum absolute atomic E-state index is 0.766. The smallest absolute Gasteiger partial charge is 0.127 e. The number of nitrogens with zero attached hydrogens (tertiary/aromatic N) is 1. The van der Waals surface area contributed by atoms with E-state index in [1.807, 2.05) is 18.2 Å². The monoisotopic (exact) mass is 319 g/mol. The molecular formula is C21H25N3+2. The number of nitriles is 1. The van der Waals surface area contributed by atoms with E-state index in [1.54, 1.807) is 9.80 Å². The highest BCUT2D eigenvalue weighted by Crippen LogP contribution is 2.02. The van der Waals surface area contributed by atoms with Crippen molar-refractivity contribution in [2.75, 3.05) is 32.7 Å². The molecule has 0 unspecified atom stereocenters. The van der Waals surface area contributed by atoms with Crippen LogP contribution in [0.1, 0.15) is 16.7 Å². The van der Waals surface area contributed by atoms with E-state index in [0.29, 0.717) is 0 Å². The predicted octanol–water partition coefficient (Wildman–Crippen LogP) is 0.555. The summed E-state index contributed by atoms with van der Waals surface area (Å²) in [6.07, 6.45) is 4.52. The number of hydrogen-bond acceptors (Lipinski definition) is 1. The van der Waals surface area contributed by atoms with Crippen LogP contribution in [0.4, 0.5) is 0 Å². The van der Waals surface area contributed by atoms with E-state index in [4.69, 9.17) is 5.26 Å². The molecular weight excluding hydrogens is 294 g/mol. The molecule has 3 heteroatoms. The molecule has 1 fully saturated rings. The largest absolute Gasteiger partial charge is 0.322 e. The molecule has 2 N–H and O–H groups in total. The Bertz CT molecular complexity index is 707. The summed E-state index contributed by atoms with van der Waals surface area (Å²) in [7, 11) is 0. The molecule has 1 heterocycles. The summed E-state index contributed by atoms with van der Waals surface area (Å²) >= 11 is 0. The van der Waals surface area contributed by atoms with Gasteiger partial charge in [-0.2, -0.15) is 5.26 Å². The zero-order valence-electron chi connectivity index (χ0n) is 14.0. The van der Waals surface area contributed by atoms with Gasteiger partial charge in [-0.15, -0.1) is 0 Å². The Balaban J connectivity index is 1.44. The van der Waals surface area contributed by atoms with Crippen molar-refractivity contribution >= 4 is 6.08 Å². The zero-order chi connectivity index (χ0) is 16.6. The topological polar surface area (TPSA) is 32.7 Å². The van der Waals surface area contributed by atoms with E-state index < -0.39 is 0 Å². The number of hydrogen-bond donors (Lipinski definition) is 2. The maximum atomic E-state index is 9.00. The van der Waals surface area contributed by atoms with Crippen molar-refractivity contribution in [3.05, 3.63) is 77.4 Å². The first-order chi connectivity index (χ1) is 11.8. The van der Waals surface area contributed by atoms with Gasteiger partial charge in [0.25, 0.3) is 0 Å². The average Bonchev–Trinajstić information content (AvgIpc) is 2.64. The van der Waals surface area contributed by atoms with E-state index >= 15 is 0 Å². The molecule has 1 saturated heterocycles. The Morgan fingerprint density at radius 3 is 2.42 bits per heavy atom. The third-order valence-electron chi connectivity index (χ3n) is 4.69. The lowest BCUT2D eigenvalue weighted by molar-refractivity contribution is -1.02. The number of piperazine rings is 1. The maximum absolute atomic E-state index is 9.00. The van der Waals surface area contributed by atoms with E-state index in [0.717, 1.165) is 18.7 Å². The fourth-order valence-corrected chi connectivity index (χ4v) is 3.30. The van der Waals surface area contributed by atoms with Crippen molar-refractivity contribution in [2.45, 2.75) is 6.54 Å². The van der Waals surface area contributed by atoms with Crippen molar-refractivity contribution in [2.24, 2.45) is 0 Å². The highest BCUT2D eigenvalue weighted by Gasteiger charge is 2.21. The molecule has 0 atom stereocenters. The summed E-state index contributed by atoms with van der Waals surface area (Å²) in [5.74, 6) is 0. The highest BCUT2D eigenvalue weighted by atomic mass is 15.3. The van der Waals surface area contributed by atoms with Crippen molar-refractivity contribution in [3.63, 3.8) is 0 Å². The maximum Gasteiger partial charge on any atom is 0.127 e. The molecule has 122 valence electrons. The normalized spacial score (nSPS) is 20.8. The Morgan fingerprint density at radius 1 is 0.917 bits per heavy atom. The Morgan fingerprint density at radius 2 is 1.67 bits per heavy atom. The molecule has 2 aromatic carbocycles. The van der Waals surface area contributed by atoms with Gasteiger partial charge in [0.05, 0.1) is 18.2 Å². The molecule has 0 aromatic heterocycles. The van der Waals surface area contributed by atoms with Crippen LogP contribution in [0.2, 0.25) is 0 Å². The molecule has 3 nitrogen and oxygen atoms in total. The van der Waals surface area contributed by atoms with Crippen LogP contribution in [0.25, 0.3) is 6.08 Å². The van der Waals surface area contributed by atoms with E-state index in [-0.39, 0.29) is 0 Å². The van der Waals surface area contributed by atoms with Gasteiger partial charge in [-0.05, 0) is 23.8 Å². The second-order valence-electron chi connectivity index (χ2n) is 6.51. The molecule has 3 rings (SSSR count). The molecule has 2 aromatic rings. The van der Waals surface area contributed by atoms with Crippen LogP contribution in [-0.4, -0.2) is 32.7 Å². The summed E-state index contributed by atoms with van der Waals surface area (Å²) in [6, 6.07) is 20.7.